The third-order valence-electron chi connectivity index (χ3n) is 4.70. The topological polar surface area (TPSA) is 17.2 Å². The molecule has 0 bridgehead atoms. The predicted molar refractivity (Wildman–Crippen MR) is 108 cm³/mol. The number of fused-ring (bicyclic) bond motifs is 2. The molecular weight excluding hydrogens is 492 g/mol. The number of ether oxygens (including phenoxy) is 1. The summed E-state index contributed by atoms with van der Waals surface area (Å²) in [7, 11) is 1.55. The Bertz CT molecular complexity index is 1060. The number of rotatable bonds is 2. The second kappa shape index (κ2) is 6.07. The third-order valence-corrected chi connectivity index (χ3v) is 6.40. The van der Waals surface area contributed by atoms with Crippen LogP contribution < -0.4 is 4.74 Å². The maximum atomic E-state index is 15.3. The van der Waals surface area contributed by atoms with E-state index in [4.69, 9.17) is 16.3 Å². The standard InChI is InChI=1S/C17H12BBr2ClF2N2O/c1-9-10(21)3-6-13(26-2)16(9)17-11-4-7-14(19)24(11)18(22,23)25-12(17)5-8-15(25)20/h3-8H,1-2H3. The van der Waals surface area contributed by atoms with Gasteiger partial charge in [0.25, 0.3) is 0 Å². The molecule has 2 aliphatic rings. The number of halogens is 5. The minimum absolute atomic E-state index is 0.305. The average Bonchev–Trinajstić information content (AvgIpc) is 3.16. The maximum absolute atomic E-state index is 15.3. The minimum Gasteiger partial charge on any atom is -0.496 e. The Hall–Kier alpha value is -1.38. The third kappa shape index (κ3) is 2.31. The van der Waals surface area contributed by atoms with Crippen LogP contribution in [0.1, 0.15) is 16.8 Å². The van der Waals surface area contributed by atoms with E-state index in [0.717, 1.165) is 14.5 Å². The van der Waals surface area contributed by atoms with Gasteiger partial charge in [0.15, 0.2) is 5.70 Å². The fraction of sp³-hybridized carbons (Fsp3) is 0.118. The molecule has 26 heavy (non-hydrogen) atoms. The fourth-order valence-corrected chi connectivity index (χ4v) is 4.83. The largest absolute Gasteiger partial charge is 0.738 e. The summed E-state index contributed by atoms with van der Waals surface area (Å²) in [5.74, 6) is 0.576. The molecule has 2 aromatic rings. The highest BCUT2D eigenvalue weighted by Gasteiger charge is 2.54. The van der Waals surface area contributed by atoms with E-state index in [9.17, 15) is 0 Å². The lowest BCUT2D eigenvalue weighted by molar-refractivity contribution is -0.358. The molecule has 0 aliphatic carbocycles. The summed E-state index contributed by atoms with van der Waals surface area (Å²) in [6, 6.07) is 6.79. The predicted octanol–water partition coefficient (Wildman–Crippen LogP) is 5.59. The van der Waals surface area contributed by atoms with Gasteiger partial charge in [-0.3, -0.25) is 0 Å². The lowest BCUT2D eigenvalue weighted by atomic mass is 9.85. The molecule has 0 N–H and O–H groups in total. The summed E-state index contributed by atoms with van der Waals surface area (Å²) in [6.45, 7) is -2.20. The van der Waals surface area contributed by atoms with Gasteiger partial charge in [0.1, 0.15) is 5.75 Å². The van der Waals surface area contributed by atoms with Crippen molar-refractivity contribution in [3.63, 3.8) is 0 Å². The van der Waals surface area contributed by atoms with E-state index in [1.807, 2.05) is 6.92 Å². The first-order valence-corrected chi connectivity index (χ1v) is 9.72. The average molecular weight is 504 g/mol. The molecule has 0 atom stereocenters. The molecule has 0 saturated carbocycles. The molecule has 0 radical (unpaired) electrons. The van der Waals surface area contributed by atoms with Crippen molar-refractivity contribution >= 4 is 60.6 Å². The summed E-state index contributed by atoms with van der Waals surface area (Å²) in [5.41, 5.74) is 2.93. The molecule has 0 spiro atoms. The van der Waals surface area contributed by atoms with Crippen molar-refractivity contribution in [3.05, 3.63) is 68.6 Å². The van der Waals surface area contributed by atoms with E-state index >= 15 is 8.63 Å². The van der Waals surface area contributed by atoms with Crippen molar-refractivity contribution in [3.8, 4) is 5.75 Å². The van der Waals surface area contributed by atoms with Crippen LogP contribution in [-0.4, -0.2) is 27.7 Å². The summed E-state index contributed by atoms with van der Waals surface area (Å²) >= 11 is 12.9. The Morgan fingerprint density at radius 3 is 2.58 bits per heavy atom. The van der Waals surface area contributed by atoms with E-state index < -0.39 is 6.97 Å². The monoisotopic (exact) mass is 502 g/mol. The van der Waals surface area contributed by atoms with E-state index in [0.29, 0.717) is 42.5 Å². The Morgan fingerprint density at radius 1 is 1.15 bits per heavy atom. The molecule has 4 rings (SSSR count). The van der Waals surface area contributed by atoms with E-state index in [1.54, 1.807) is 43.5 Å². The van der Waals surface area contributed by atoms with Crippen molar-refractivity contribution < 1.29 is 17.9 Å². The molecule has 2 aliphatic heterocycles. The Balaban J connectivity index is 2.17. The molecule has 0 amide bonds. The first-order chi connectivity index (χ1) is 12.3. The van der Waals surface area contributed by atoms with Crippen LogP contribution in [0.2, 0.25) is 5.02 Å². The molecule has 134 valence electrons. The zero-order chi connectivity index (χ0) is 18.8. The highest BCUT2D eigenvalue weighted by molar-refractivity contribution is 9.18. The van der Waals surface area contributed by atoms with E-state index in [1.165, 1.54) is 0 Å². The van der Waals surface area contributed by atoms with E-state index in [2.05, 4.69) is 31.9 Å². The van der Waals surface area contributed by atoms with Gasteiger partial charge in [-0.25, -0.2) is 0 Å². The number of benzene rings is 1. The molecule has 0 fully saturated rings. The van der Waals surface area contributed by atoms with Gasteiger partial charge in [-0.1, -0.05) is 11.6 Å². The summed E-state index contributed by atoms with van der Waals surface area (Å²) < 4.78 is 38.8. The van der Waals surface area contributed by atoms with Gasteiger partial charge in [-0.15, -0.1) is 0 Å². The molecule has 3 heterocycles. The molecule has 3 nitrogen and oxygen atoms in total. The molecule has 9 heteroatoms. The second-order valence-corrected chi connectivity index (χ2v) is 8.07. The SMILES string of the molecule is COc1ccc(Cl)c(C)c1C1=C2C=CC(Br)=[N+]2[B-](F)(F)n2c(Br)ccc21. The van der Waals surface area contributed by atoms with Gasteiger partial charge in [0.05, 0.1) is 17.3 Å². The summed E-state index contributed by atoms with van der Waals surface area (Å²) in [5, 5.41) is 0.547. The first-order valence-electron chi connectivity index (χ1n) is 7.76. The van der Waals surface area contributed by atoms with Crippen LogP contribution in [0, 0.1) is 6.92 Å². The van der Waals surface area contributed by atoms with Crippen LogP contribution in [0.25, 0.3) is 5.57 Å². The smallest absolute Gasteiger partial charge is 0.496 e. The van der Waals surface area contributed by atoms with Gasteiger partial charge in [-0.05, 0) is 52.7 Å². The van der Waals surface area contributed by atoms with Gasteiger partial charge < -0.3 is 22.3 Å². The molecule has 1 aromatic carbocycles. The second-order valence-electron chi connectivity index (χ2n) is 6.04. The number of nitrogens with zero attached hydrogens (tertiary/aromatic N) is 2. The molecule has 0 unspecified atom stereocenters. The van der Waals surface area contributed by atoms with Gasteiger partial charge in [0, 0.05) is 44.4 Å². The highest BCUT2D eigenvalue weighted by Crippen LogP contribution is 2.46. The van der Waals surface area contributed by atoms with Crippen molar-refractivity contribution in [1.82, 2.24) is 4.48 Å². The minimum atomic E-state index is -4.06. The van der Waals surface area contributed by atoms with Crippen LogP contribution in [0.3, 0.4) is 0 Å². The number of hydrogen-bond donors (Lipinski definition) is 0. The van der Waals surface area contributed by atoms with Crippen LogP contribution in [-0.2, 0) is 0 Å². The lowest BCUT2D eigenvalue weighted by Gasteiger charge is -2.32. The number of allylic oxidation sites excluding steroid dienone is 2. The van der Waals surface area contributed by atoms with Gasteiger partial charge >= 0.3 is 6.97 Å². The summed E-state index contributed by atoms with van der Waals surface area (Å²) in [4.78, 5) is 0. The fourth-order valence-electron chi connectivity index (χ4n) is 3.53. The van der Waals surface area contributed by atoms with Crippen LogP contribution >= 0.6 is 43.5 Å². The van der Waals surface area contributed by atoms with Crippen molar-refractivity contribution in [1.29, 1.82) is 0 Å². The number of aromatic nitrogens is 1. The van der Waals surface area contributed by atoms with Crippen molar-refractivity contribution in [2.75, 3.05) is 7.11 Å². The Morgan fingerprint density at radius 2 is 1.88 bits per heavy atom. The number of hydrogen-bond acceptors (Lipinski definition) is 1. The van der Waals surface area contributed by atoms with Gasteiger partial charge in [0.2, 0.25) is 4.62 Å². The molecule has 1 aromatic heterocycles. The summed E-state index contributed by atoms with van der Waals surface area (Å²) in [6.07, 6.45) is 3.30. The lowest BCUT2D eigenvalue weighted by Crippen LogP contribution is -2.50. The van der Waals surface area contributed by atoms with Crippen LogP contribution in [0.5, 0.6) is 5.75 Å². The molecule has 0 saturated heterocycles. The van der Waals surface area contributed by atoms with Crippen LogP contribution in [0.4, 0.5) is 8.63 Å². The zero-order valence-electron chi connectivity index (χ0n) is 13.7. The van der Waals surface area contributed by atoms with Crippen molar-refractivity contribution in [2.24, 2.45) is 0 Å². The Kier molecular flexibility index (Phi) is 4.21. The maximum Gasteiger partial charge on any atom is 0.738 e. The van der Waals surface area contributed by atoms with Gasteiger partial charge in [-0.2, -0.15) is 0 Å². The van der Waals surface area contributed by atoms with Crippen LogP contribution in [0.15, 0.2) is 46.7 Å². The Labute approximate surface area is 170 Å². The van der Waals surface area contributed by atoms with Crippen molar-refractivity contribution in [2.45, 2.75) is 6.92 Å². The highest BCUT2D eigenvalue weighted by atomic mass is 79.9. The zero-order valence-corrected chi connectivity index (χ0v) is 17.7. The number of methoxy groups -OCH3 is 1. The normalized spacial score (nSPS) is 17.7. The first kappa shape index (κ1) is 18.0. The van der Waals surface area contributed by atoms with E-state index in [-0.39, 0.29) is 0 Å². The quantitative estimate of drug-likeness (QED) is 0.488. The molecular formula is C17H12BBr2ClF2N2O.